The van der Waals surface area contributed by atoms with Gasteiger partial charge >= 0.3 is 0 Å². The number of nitrogens with one attached hydrogen (secondary N) is 1. The minimum absolute atomic E-state index is 0.284. The first-order chi connectivity index (χ1) is 5.74. The summed E-state index contributed by atoms with van der Waals surface area (Å²) >= 11 is 0. The van der Waals surface area contributed by atoms with E-state index in [9.17, 15) is 4.79 Å². The molecule has 0 bridgehead atoms. The lowest BCUT2D eigenvalue weighted by Gasteiger charge is -1.99. The first kappa shape index (κ1) is 8.80. The molecule has 0 saturated carbocycles. The number of hydrogen-bond acceptors (Lipinski definition) is 3. The van der Waals surface area contributed by atoms with Crippen LogP contribution in [0.5, 0.6) is 0 Å². The first-order valence-electron chi connectivity index (χ1n) is 3.71. The Morgan fingerprint density at radius 2 is 2.50 bits per heavy atom. The van der Waals surface area contributed by atoms with E-state index in [0.29, 0.717) is 17.9 Å². The Hall–Kier alpha value is -1.29. The molecule has 4 heteroatoms. The van der Waals surface area contributed by atoms with E-state index in [-0.39, 0.29) is 5.91 Å². The molecule has 4 nitrogen and oxygen atoms in total. The predicted octanol–water partition coefficient (Wildman–Crippen LogP) is 1.27. The smallest absolute Gasteiger partial charge is 0.278 e. The van der Waals surface area contributed by atoms with Gasteiger partial charge in [-0.2, -0.15) is 0 Å². The van der Waals surface area contributed by atoms with Gasteiger partial charge in [0.15, 0.2) is 0 Å². The molecular formula is C8H11NO3. The van der Waals surface area contributed by atoms with Crippen LogP contribution in [0.1, 0.15) is 23.0 Å². The van der Waals surface area contributed by atoms with Gasteiger partial charge in [0.25, 0.3) is 5.91 Å². The minimum atomic E-state index is -0.284. The van der Waals surface area contributed by atoms with Gasteiger partial charge in [-0.1, -0.05) is 0 Å². The Bertz CT molecular complexity index is 267. The summed E-state index contributed by atoms with van der Waals surface area (Å²) in [6, 6.07) is 1.65. The highest BCUT2D eigenvalue weighted by Gasteiger charge is 2.07. The molecule has 0 atom stereocenters. The van der Waals surface area contributed by atoms with Gasteiger partial charge in [-0.3, -0.25) is 9.63 Å². The second kappa shape index (κ2) is 3.92. The lowest BCUT2D eigenvalue weighted by molar-refractivity contribution is 0.0364. The zero-order valence-corrected chi connectivity index (χ0v) is 7.09. The van der Waals surface area contributed by atoms with Crippen LogP contribution in [-0.4, -0.2) is 12.5 Å². The van der Waals surface area contributed by atoms with E-state index in [4.69, 9.17) is 9.25 Å². The van der Waals surface area contributed by atoms with Crippen molar-refractivity contribution in [2.24, 2.45) is 0 Å². The Labute approximate surface area is 70.5 Å². The molecule has 0 aromatic carbocycles. The van der Waals surface area contributed by atoms with E-state index < -0.39 is 0 Å². The molecule has 1 aromatic rings. The van der Waals surface area contributed by atoms with Crippen LogP contribution in [-0.2, 0) is 4.84 Å². The zero-order chi connectivity index (χ0) is 8.97. The quantitative estimate of drug-likeness (QED) is 0.693. The van der Waals surface area contributed by atoms with Crippen molar-refractivity contribution in [1.82, 2.24) is 5.48 Å². The van der Waals surface area contributed by atoms with E-state index in [1.165, 1.54) is 6.26 Å². The molecule has 0 saturated heterocycles. The van der Waals surface area contributed by atoms with Crippen LogP contribution in [0.2, 0.25) is 0 Å². The third-order valence-corrected chi connectivity index (χ3v) is 1.30. The van der Waals surface area contributed by atoms with Crippen molar-refractivity contribution in [3.63, 3.8) is 0 Å². The van der Waals surface area contributed by atoms with E-state index in [2.05, 4.69) is 5.48 Å². The normalized spacial score (nSPS) is 9.83. The number of carbonyl (C=O) groups is 1. The standard InChI is InChI=1S/C8H11NO3/c1-3-12-9-8(10)7-4-6(2)11-5-7/h4-5H,3H2,1-2H3,(H,9,10). The summed E-state index contributed by atoms with van der Waals surface area (Å²) in [6.07, 6.45) is 1.39. The highest BCUT2D eigenvalue weighted by molar-refractivity contribution is 5.93. The van der Waals surface area contributed by atoms with E-state index in [1.54, 1.807) is 19.9 Å². The fourth-order valence-electron chi connectivity index (χ4n) is 0.759. The summed E-state index contributed by atoms with van der Waals surface area (Å²) in [5.41, 5.74) is 2.74. The SMILES string of the molecule is CCONC(=O)c1coc(C)c1. The number of furan rings is 1. The molecule has 0 aliphatic carbocycles. The monoisotopic (exact) mass is 169 g/mol. The molecule has 1 rings (SSSR count). The average Bonchev–Trinajstić information content (AvgIpc) is 2.47. The zero-order valence-electron chi connectivity index (χ0n) is 7.09. The van der Waals surface area contributed by atoms with Gasteiger partial charge in [-0.05, 0) is 19.9 Å². The number of amides is 1. The van der Waals surface area contributed by atoms with E-state index in [1.807, 2.05) is 0 Å². The molecule has 0 aliphatic rings. The Balaban J connectivity index is 2.53. The van der Waals surface area contributed by atoms with Crippen molar-refractivity contribution in [1.29, 1.82) is 0 Å². The minimum Gasteiger partial charge on any atom is -0.469 e. The molecule has 0 unspecified atom stereocenters. The predicted molar refractivity (Wildman–Crippen MR) is 42.5 cm³/mol. The molecule has 0 radical (unpaired) electrons. The third kappa shape index (κ3) is 2.10. The summed E-state index contributed by atoms with van der Waals surface area (Å²) < 4.78 is 4.95. The van der Waals surface area contributed by atoms with Crippen molar-refractivity contribution >= 4 is 5.91 Å². The molecule has 0 fully saturated rings. The van der Waals surface area contributed by atoms with Gasteiger partial charge in [-0.25, -0.2) is 5.48 Å². The third-order valence-electron chi connectivity index (χ3n) is 1.30. The van der Waals surface area contributed by atoms with Gasteiger partial charge in [0.2, 0.25) is 0 Å². The molecule has 0 spiro atoms. The van der Waals surface area contributed by atoms with Crippen molar-refractivity contribution in [3.8, 4) is 0 Å². The van der Waals surface area contributed by atoms with Crippen LogP contribution in [0.3, 0.4) is 0 Å². The van der Waals surface area contributed by atoms with Crippen LogP contribution in [0, 0.1) is 6.92 Å². The maximum atomic E-state index is 11.1. The molecule has 0 aliphatic heterocycles. The molecule has 1 N–H and O–H groups in total. The molecule has 12 heavy (non-hydrogen) atoms. The maximum absolute atomic E-state index is 11.1. The van der Waals surface area contributed by atoms with Crippen molar-refractivity contribution in [3.05, 3.63) is 23.7 Å². The fourth-order valence-corrected chi connectivity index (χ4v) is 0.759. The van der Waals surface area contributed by atoms with Crippen molar-refractivity contribution in [2.45, 2.75) is 13.8 Å². The van der Waals surface area contributed by atoms with Crippen LogP contribution in [0.15, 0.2) is 16.7 Å². The highest BCUT2D eigenvalue weighted by atomic mass is 16.6. The molecule has 1 amide bonds. The second-order valence-corrected chi connectivity index (χ2v) is 2.31. The lowest BCUT2D eigenvalue weighted by atomic mass is 10.3. The number of hydrogen-bond donors (Lipinski definition) is 1. The van der Waals surface area contributed by atoms with Crippen molar-refractivity contribution < 1.29 is 14.0 Å². The van der Waals surface area contributed by atoms with Crippen molar-refractivity contribution in [2.75, 3.05) is 6.61 Å². The molecule has 1 aromatic heterocycles. The highest BCUT2D eigenvalue weighted by Crippen LogP contribution is 2.05. The Morgan fingerprint density at radius 1 is 1.75 bits per heavy atom. The van der Waals surface area contributed by atoms with E-state index >= 15 is 0 Å². The molecule has 66 valence electrons. The van der Waals surface area contributed by atoms with Crippen LogP contribution >= 0.6 is 0 Å². The number of aryl methyl sites for hydroxylation is 1. The van der Waals surface area contributed by atoms with Crippen LogP contribution in [0.25, 0.3) is 0 Å². The largest absolute Gasteiger partial charge is 0.469 e. The first-order valence-corrected chi connectivity index (χ1v) is 3.71. The summed E-state index contributed by atoms with van der Waals surface area (Å²) in [5, 5.41) is 0. The van der Waals surface area contributed by atoms with Gasteiger partial charge < -0.3 is 4.42 Å². The molecule has 1 heterocycles. The summed E-state index contributed by atoms with van der Waals surface area (Å²) in [4.78, 5) is 15.8. The number of rotatable bonds is 3. The average molecular weight is 169 g/mol. The fraction of sp³-hybridized carbons (Fsp3) is 0.375. The number of carbonyl (C=O) groups excluding carboxylic acids is 1. The molecular weight excluding hydrogens is 158 g/mol. The van der Waals surface area contributed by atoms with Crippen LogP contribution in [0.4, 0.5) is 0 Å². The Kier molecular flexibility index (Phi) is 2.88. The summed E-state index contributed by atoms with van der Waals surface area (Å²) in [5.74, 6) is 0.422. The Morgan fingerprint density at radius 3 is 3.00 bits per heavy atom. The lowest BCUT2D eigenvalue weighted by Crippen LogP contribution is -2.22. The number of hydroxylamine groups is 1. The maximum Gasteiger partial charge on any atom is 0.278 e. The van der Waals surface area contributed by atoms with Gasteiger partial charge in [-0.15, -0.1) is 0 Å². The van der Waals surface area contributed by atoms with Gasteiger partial charge in [0, 0.05) is 0 Å². The summed E-state index contributed by atoms with van der Waals surface area (Å²) in [7, 11) is 0. The van der Waals surface area contributed by atoms with Crippen LogP contribution < -0.4 is 5.48 Å². The second-order valence-electron chi connectivity index (χ2n) is 2.31. The van der Waals surface area contributed by atoms with Gasteiger partial charge in [0.05, 0.1) is 12.2 Å². The van der Waals surface area contributed by atoms with Gasteiger partial charge in [0.1, 0.15) is 12.0 Å². The van der Waals surface area contributed by atoms with E-state index in [0.717, 1.165) is 0 Å². The topological polar surface area (TPSA) is 51.5 Å². The summed E-state index contributed by atoms with van der Waals surface area (Å²) in [6.45, 7) is 4.01.